The van der Waals surface area contributed by atoms with Crippen LogP contribution in [0, 0.1) is 5.82 Å². The van der Waals surface area contributed by atoms with Crippen molar-refractivity contribution in [1.82, 2.24) is 4.57 Å². The van der Waals surface area contributed by atoms with Gasteiger partial charge in [-0.2, -0.15) is 0 Å². The molecule has 7 nitrogen and oxygen atoms in total. The fourth-order valence-corrected chi connectivity index (χ4v) is 5.53. The number of nitrogens with zero attached hydrogens (tertiary/aromatic N) is 2. The Bertz CT molecular complexity index is 1760. The number of methoxy groups -OCH3 is 1. The van der Waals surface area contributed by atoms with Gasteiger partial charge in [0.05, 0.1) is 35.6 Å². The van der Waals surface area contributed by atoms with Crippen molar-refractivity contribution in [1.29, 1.82) is 0 Å². The summed E-state index contributed by atoms with van der Waals surface area (Å²) in [6.45, 7) is 3.98. The molecule has 0 spiro atoms. The van der Waals surface area contributed by atoms with Crippen LogP contribution in [-0.2, 0) is 16.1 Å². The molecule has 0 bridgehead atoms. The number of ether oxygens (including phenoxy) is 3. The van der Waals surface area contributed by atoms with Crippen molar-refractivity contribution in [3.63, 3.8) is 0 Å². The molecule has 204 valence electrons. The Labute approximate surface area is 234 Å². The number of fused-ring (bicyclic) bond motifs is 1. The molecule has 0 saturated heterocycles. The Morgan fingerprint density at radius 1 is 1.07 bits per heavy atom. The lowest BCUT2D eigenvalue weighted by Crippen LogP contribution is -2.39. The number of halogens is 1. The number of hydrogen-bond acceptors (Lipinski definition) is 7. The van der Waals surface area contributed by atoms with E-state index in [1.165, 1.54) is 23.5 Å². The molecule has 1 aliphatic rings. The zero-order chi connectivity index (χ0) is 28.2. The normalized spacial score (nSPS) is 14.9. The van der Waals surface area contributed by atoms with Gasteiger partial charge in [-0.3, -0.25) is 9.36 Å². The highest BCUT2D eigenvalue weighted by Gasteiger charge is 2.33. The van der Waals surface area contributed by atoms with Gasteiger partial charge in [0.2, 0.25) is 0 Å². The smallest absolute Gasteiger partial charge is 0.338 e. The molecule has 40 heavy (non-hydrogen) atoms. The van der Waals surface area contributed by atoms with Gasteiger partial charge >= 0.3 is 5.97 Å². The Kier molecular flexibility index (Phi) is 7.93. The number of rotatable bonds is 8. The molecule has 3 aromatic carbocycles. The van der Waals surface area contributed by atoms with E-state index in [1.54, 1.807) is 55.9 Å². The van der Waals surface area contributed by atoms with Gasteiger partial charge in [0.25, 0.3) is 5.56 Å². The topological polar surface area (TPSA) is 79.1 Å². The zero-order valence-corrected chi connectivity index (χ0v) is 23.0. The van der Waals surface area contributed by atoms with Crippen LogP contribution in [0.3, 0.4) is 0 Å². The summed E-state index contributed by atoms with van der Waals surface area (Å²) < 4.78 is 31.7. The predicted molar refractivity (Wildman–Crippen MR) is 151 cm³/mol. The van der Waals surface area contributed by atoms with E-state index in [4.69, 9.17) is 14.2 Å². The fourth-order valence-electron chi connectivity index (χ4n) is 4.49. The molecular weight excluding hydrogens is 531 g/mol. The molecule has 2 heterocycles. The fraction of sp³-hybridized carbons (Fsp3) is 0.194. The minimum atomic E-state index is -0.700. The molecule has 9 heteroatoms. The van der Waals surface area contributed by atoms with Crippen LogP contribution in [0.1, 0.15) is 36.6 Å². The van der Waals surface area contributed by atoms with Crippen molar-refractivity contribution in [3.8, 4) is 11.5 Å². The lowest BCUT2D eigenvalue weighted by Gasteiger charge is -2.24. The first-order valence-corrected chi connectivity index (χ1v) is 13.5. The van der Waals surface area contributed by atoms with Crippen LogP contribution in [0.15, 0.2) is 93.9 Å². The van der Waals surface area contributed by atoms with Crippen molar-refractivity contribution in [2.75, 3.05) is 13.7 Å². The third-order valence-corrected chi connectivity index (χ3v) is 7.41. The van der Waals surface area contributed by atoms with Gasteiger partial charge in [0.1, 0.15) is 23.9 Å². The van der Waals surface area contributed by atoms with Crippen molar-refractivity contribution < 1.29 is 23.4 Å². The summed E-state index contributed by atoms with van der Waals surface area (Å²) in [5.74, 6) is 0.467. The summed E-state index contributed by atoms with van der Waals surface area (Å²) in [6, 6.07) is 20.0. The monoisotopic (exact) mass is 558 g/mol. The van der Waals surface area contributed by atoms with E-state index in [1.807, 2.05) is 36.4 Å². The van der Waals surface area contributed by atoms with Crippen LogP contribution in [0.2, 0.25) is 0 Å². The quantitative estimate of drug-likeness (QED) is 0.297. The lowest BCUT2D eigenvalue weighted by atomic mass is 9.96. The van der Waals surface area contributed by atoms with Crippen molar-refractivity contribution in [3.05, 3.63) is 126 Å². The van der Waals surface area contributed by atoms with Crippen molar-refractivity contribution in [2.24, 2.45) is 4.99 Å². The highest BCUT2D eigenvalue weighted by Crippen LogP contribution is 2.31. The summed E-state index contributed by atoms with van der Waals surface area (Å²) in [6.07, 6.45) is 1.78. The number of aromatic nitrogens is 1. The van der Waals surface area contributed by atoms with Crippen molar-refractivity contribution >= 4 is 23.4 Å². The third kappa shape index (κ3) is 5.60. The van der Waals surface area contributed by atoms with Crippen LogP contribution < -0.4 is 24.4 Å². The number of carbonyl (C=O) groups excluding carboxylic acids is 1. The van der Waals surface area contributed by atoms with E-state index in [0.717, 1.165) is 16.7 Å². The van der Waals surface area contributed by atoms with Gasteiger partial charge in [-0.15, -0.1) is 0 Å². The minimum absolute atomic E-state index is 0.203. The van der Waals surface area contributed by atoms with E-state index < -0.39 is 12.0 Å². The van der Waals surface area contributed by atoms with Gasteiger partial charge in [-0.05, 0) is 73.0 Å². The van der Waals surface area contributed by atoms with Crippen LogP contribution >= 0.6 is 11.3 Å². The van der Waals surface area contributed by atoms with Gasteiger partial charge in [0.15, 0.2) is 4.80 Å². The van der Waals surface area contributed by atoms with Crippen LogP contribution in [0.5, 0.6) is 11.5 Å². The summed E-state index contributed by atoms with van der Waals surface area (Å²) >= 11 is 1.25. The van der Waals surface area contributed by atoms with E-state index in [-0.39, 0.29) is 24.6 Å². The first-order chi connectivity index (χ1) is 19.4. The number of benzene rings is 3. The molecule has 1 atom stereocenters. The second kappa shape index (κ2) is 11.7. The Balaban J connectivity index is 1.53. The Morgan fingerprint density at radius 3 is 2.52 bits per heavy atom. The SMILES string of the molecule is CCOC(=O)C1=C(C)N=c2s/c(=C/c3cccc(OCc4ccc(F)cc4)c3)c(=O)n2C1c1ccc(OC)cc1. The number of hydrogen-bond donors (Lipinski definition) is 0. The molecule has 5 rings (SSSR count). The number of carbonyl (C=O) groups is 1. The standard InChI is InChI=1S/C31H27FN2O5S/c1-4-38-30(36)27-19(2)33-31-34(28(27)22-10-14-24(37-3)15-11-22)29(35)26(40-31)17-21-6-5-7-25(16-21)39-18-20-8-12-23(32)13-9-20/h5-17,28H,4,18H2,1-3H3/b26-17+. The van der Waals surface area contributed by atoms with Gasteiger partial charge < -0.3 is 14.2 Å². The first kappa shape index (κ1) is 27.1. The van der Waals surface area contributed by atoms with Crippen LogP contribution in [0.4, 0.5) is 4.39 Å². The summed E-state index contributed by atoms with van der Waals surface area (Å²) in [5, 5.41) is 0. The minimum Gasteiger partial charge on any atom is -0.497 e. The Hall–Kier alpha value is -4.50. The van der Waals surface area contributed by atoms with Crippen LogP contribution in [0.25, 0.3) is 6.08 Å². The lowest BCUT2D eigenvalue weighted by molar-refractivity contribution is -0.139. The molecule has 0 amide bonds. The van der Waals surface area contributed by atoms with E-state index in [0.29, 0.717) is 32.1 Å². The van der Waals surface area contributed by atoms with Gasteiger partial charge in [0, 0.05) is 0 Å². The predicted octanol–water partition coefficient (Wildman–Crippen LogP) is 4.53. The van der Waals surface area contributed by atoms with Gasteiger partial charge in [-0.1, -0.05) is 47.7 Å². The largest absolute Gasteiger partial charge is 0.497 e. The zero-order valence-electron chi connectivity index (χ0n) is 22.2. The molecular formula is C31H27FN2O5S. The highest BCUT2D eigenvalue weighted by atomic mass is 32.1. The third-order valence-electron chi connectivity index (χ3n) is 6.42. The van der Waals surface area contributed by atoms with E-state index in [9.17, 15) is 14.0 Å². The summed E-state index contributed by atoms with van der Waals surface area (Å²) in [7, 11) is 1.58. The molecule has 1 aromatic heterocycles. The van der Waals surface area contributed by atoms with E-state index in [2.05, 4.69) is 4.99 Å². The highest BCUT2D eigenvalue weighted by molar-refractivity contribution is 7.07. The molecule has 1 unspecified atom stereocenters. The molecule has 0 saturated carbocycles. The molecule has 1 aliphatic heterocycles. The maximum absolute atomic E-state index is 13.8. The van der Waals surface area contributed by atoms with Crippen molar-refractivity contribution in [2.45, 2.75) is 26.5 Å². The molecule has 0 aliphatic carbocycles. The molecule has 0 N–H and O–H groups in total. The molecule has 4 aromatic rings. The maximum Gasteiger partial charge on any atom is 0.338 e. The summed E-state index contributed by atoms with van der Waals surface area (Å²) in [4.78, 5) is 31.9. The maximum atomic E-state index is 13.8. The average molecular weight is 559 g/mol. The molecule has 0 radical (unpaired) electrons. The van der Waals surface area contributed by atoms with Crippen LogP contribution in [-0.4, -0.2) is 24.3 Å². The van der Waals surface area contributed by atoms with Gasteiger partial charge in [-0.25, -0.2) is 14.2 Å². The number of thiazole rings is 1. The first-order valence-electron chi connectivity index (χ1n) is 12.7. The molecule has 0 fully saturated rings. The number of allylic oxidation sites excluding steroid dienone is 1. The van der Waals surface area contributed by atoms with E-state index >= 15 is 0 Å². The average Bonchev–Trinajstić information content (AvgIpc) is 3.26. The Morgan fingerprint density at radius 2 is 1.82 bits per heavy atom. The second-order valence-electron chi connectivity index (χ2n) is 9.06. The second-order valence-corrected chi connectivity index (χ2v) is 10.1. The number of esters is 1. The summed E-state index contributed by atoms with van der Waals surface area (Å²) in [5.41, 5.74) is 2.90.